The third-order valence-electron chi connectivity index (χ3n) is 4.62. The van der Waals surface area contributed by atoms with Gasteiger partial charge in [0.2, 0.25) is 0 Å². The highest BCUT2D eigenvalue weighted by Crippen LogP contribution is 2.34. The summed E-state index contributed by atoms with van der Waals surface area (Å²) in [6.45, 7) is 13.0. The van der Waals surface area contributed by atoms with E-state index in [2.05, 4.69) is 57.5 Å². The van der Waals surface area contributed by atoms with Crippen LogP contribution < -0.4 is 0 Å². The first-order valence-electron chi connectivity index (χ1n) is 9.54. The van der Waals surface area contributed by atoms with Crippen LogP contribution in [0.4, 0.5) is 4.39 Å². The average molecular weight is 366 g/mol. The van der Waals surface area contributed by atoms with Gasteiger partial charge in [-0.2, -0.15) is 0 Å². The molecule has 2 aromatic rings. The number of likely N-dealkylation sites (N-methyl/N-ethyl adjacent to an activating group) is 1. The number of rotatable bonds is 3. The van der Waals surface area contributed by atoms with Gasteiger partial charge in [0.05, 0.1) is 6.04 Å². The van der Waals surface area contributed by atoms with E-state index in [0.717, 1.165) is 29.7 Å². The van der Waals surface area contributed by atoms with Crippen molar-refractivity contribution < 1.29 is 4.39 Å². The second kappa shape index (κ2) is 9.14. The molecule has 1 nitrogen and oxygen atoms in total. The summed E-state index contributed by atoms with van der Waals surface area (Å²) in [5.74, 6) is -0.135. The van der Waals surface area contributed by atoms with E-state index in [4.69, 9.17) is 0 Å². The van der Waals surface area contributed by atoms with Gasteiger partial charge in [-0.3, -0.25) is 4.90 Å². The van der Waals surface area contributed by atoms with Crippen molar-refractivity contribution in [2.24, 2.45) is 5.41 Å². The molecule has 0 saturated carbocycles. The van der Waals surface area contributed by atoms with Gasteiger partial charge in [-0.25, -0.2) is 4.39 Å². The molecular weight excluding hydrogens is 333 g/mol. The molecule has 0 fully saturated rings. The maximum atomic E-state index is 14.0. The Hall–Kier alpha value is -2.19. The molecule has 1 aliphatic rings. The van der Waals surface area contributed by atoms with E-state index >= 15 is 0 Å². The molecule has 1 aliphatic heterocycles. The number of hydrogen-bond acceptors (Lipinski definition) is 1. The molecule has 144 valence electrons. The Morgan fingerprint density at radius 1 is 1.15 bits per heavy atom. The van der Waals surface area contributed by atoms with E-state index in [9.17, 15) is 4.39 Å². The van der Waals surface area contributed by atoms with Crippen LogP contribution in [0, 0.1) is 18.2 Å². The van der Waals surface area contributed by atoms with Crippen LogP contribution in [0.2, 0.25) is 0 Å². The molecule has 1 atom stereocenters. The zero-order chi connectivity index (χ0) is 20.0. The number of aryl methyl sites for hydroxylation is 1. The highest BCUT2D eigenvalue weighted by atomic mass is 19.1. The van der Waals surface area contributed by atoms with Crippen molar-refractivity contribution in [2.45, 2.75) is 40.2 Å². The van der Waals surface area contributed by atoms with Gasteiger partial charge in [0, 0.05) is 12.1 Å². The smallest absolute Gasteiger partial charge is 0.130 e. The van der Waals surface area contributed by atoms with Gasteiger partial charge in [0.1, 0.15) is 5.82 Å². The lowest BCUT2D eigenvalue weighted by atomic mass is 9.93. The zero-order valence-electron chi connectivity index (χ0n) is 17.3. The second-order valence-corrected chi connectivity index (χ2v) is 8.50. The van der Waals surface area contributed by atoms with Crippen molar-refractivity contribution >= 4 is 5.57 Å². The van der Waals surface area contributed by atoms with Crippen molar-refractivity contribution in [3.63, 3.8) is 0 Å². The largest absolute Gasteiger partial charge is 0.292 e. The monoisotopic (exact) mass is 365 g/mol. The van der Waals surface area contributed by atoms with Crippen LogP contribution in [0.15, 0.2) is 67.3 Å². The standard InChI is InChI=1S/C18H18FN.C7H14/c1-13-8-9-17(19)16(10-13)15-11-18(20(2)12-15)14-6-4-3-5-7-14;1-5-6-7(2,3)4/h3-11,18H,12H2,1-2H3;5H,1,6H2,2-4H3. The number of benzene rings is 2. The molecule has 2 heteroatoms. The predicted molar refractivity (Wildman–Crippen MR) is 115 cm³/mol. The molecule has 0 bridgehead atoms. The van der Waals surface area contributed by atoms with Crippen molar-refractivity contribution in [2.75, 3.05) is 13.6 Å². The van der Waals surface area contributed by atoms with E-state index in [1.54, 1.807) is 6.07 Å². The third kappa shape index (κ3) is 6.18. The van der Waals surface area contributed by atoms with Crippen LogP contribution in [0.1, 0.15) is 49.9 Å². The summed E-state index contributed by atoms with van der Waals surface area (Å²) in [5, 5.41) is 0. The van der Waals surface area contributed by atoms with E-state index in [1.807, 2.05) is 43.3 Å². The lowest BCUT2D eigenvalue weighted by Crippen LogP contribution is -2.19. The molecule has 0 aromatic heterocycles. The maximum absolute atomic E-state index is 14.0. The van der Waals surface area contributed by atoms with E-state index in [-0.39, 0.29) is 11.9 Å². The summed E-state index contributed by atoms with van der Waals surface area (Å²) in [5.41, 5.74) is 4.57. The first-order chi connectivity index (χ1) is 12.7. The van der Waals surface area contributed by atoms with Crippen molar-refractivity contribution in [3.8, 4) is 0 Å². The molecule has 0 spiro atoms. The lowest BCUT2D eigenvalue weighted by molar-refractivity contribution is 0.342. The Bertz CT molecular complexity index is 784. The van der Waals surface area contributed by atoms with Crippen LogP contribution in [0.3, 0.4) is 0 Å². The average Bonchev–Trinajstić information content (AvgIpc) is 2.99. The number of halogens is 1. The minimum absolute atomic E-state index is 0.135. The summed E-state index contributed by atoms with van der Waals surface area (Å²) in [6.07, 6.45) is 5.24. The Labute approximate surface area is 164 Å². The highest BCUT2D eigenvalue weighted by molar-refractivity contribution is 5.71. The summed E-state index contributed by atoms with van der Waals surface area (Å²) in [7, 11) is 2.08. The summed E-state index contributed by atoms with van der Waals surface area (Å²) in [4.78, 5) is 2.24. The quantitative estimate of drug-likeness (QED) is 0.540. The first-order valence-corrected chi connectivity index (χ1v) is 9.54. The Morgan fingerprint density at radius 3 is 2.37 bits per heavy atom. The van der Waals surface area contributed by atoms with Gasteiger partial charge in [0.15, 0.2) is 0 Å². The van der Waals surface area contributed by atoms with Crippen LogP contribution in [-0.2, 0) is 0 Å². The van der Waals surface area contributed by atoms with E-state index in [1.165, 1.54) is 5.56 Å². The fourth-order valence-corrected chi connectivity index (χ4v) is 3.23. The third-order valence-corrected chi connectivity index (χ3v) is 4.62. The molecular formula is C25H32FN. The molecule has 27 heavy (non-hydrogen) atoms. The second-order valence-electron chi connectivity index (χ2n) is 8.50. The summed E-state index contributed by atoms with van der Waals surface area (Å²) >= 11 is 0. The molecule has 3 rings (SSSR count). The molecule has 1 heterocycles. The number of hydrogen-bond donors (Lipinski definition) is 0. The normalized spacial score (nSPS) is 17.1. The van der Waals surface area contributed by atoms with Gasteiger partial charge in [-0.1, -0.05) is 74.9 Å². The van der Waals surface area contributed by atoms with Gasteiger partial charge < -0.3 is 0 Å². The number of allylic oxidation sites excluding steroid dienone is 1. The van der Waals surface area contributed by atoms with Crippen molar-refractivity contribution in [3.05, 3.63) is 89.8 Å². The molecule has 0 amide bonds. The molecule has 2 aromatic carbocycles. The van der Waals surface area contributed by atoms with Crippen molar-refractivity contribution in [1.82, 2.24) is 4.90 Å². The molecule has 1 unspecified atom stereocenters. The Kier molecular flexibility index (Phi) is 7.15. The van der Waals surface area contributed by atoms with E-state index < -0.39 is 0 Å². The van der Waals surface area contributed by atoms with Gasteiger partial charge >= 0.3 is 0 Å². The fraction of sp³-hybridized carbons (Fsp3) is 0.360. The summed E-state index contributed by atoms with van der Waals surface area (Å²) < 4.78 is 14.0. The highest BCUT2D eigenvalue weighted by Gasteiger charge is 2.24. The van der Waals surface area contributed by atoms with Gasteiger partial charge in [-0.05, 0) is 49.1 Å². The van der Waals surface area contributed by atoms with Crippen LogP contribution >= 0.6 is 0 Å². The molecule has 0 radical (unpaired) electrons. The van der Waals surface area contributed by atoms with Crippen LogP contribution in [-0.4, -0.2) is 18.5 Å². The van der Waals surface area contributed by atoms with Crippen LogP contribution in [0.5, 0.6) is 0 Å². The SMILES string of the molecule is C=CCC(C)(C)C.Cc1ccc(F)c(C2=CC(c3ccccc3)N(C)C2)c1. The topological polar surface area (TPSA) is 3.24 Å². The molecule has 0 N–H and O–H groups in total. The minimum atomic E-state index is -0.135. The first kappa shape index (κ1) is 21.1. The zero-order valence-corrected chi connectivity index (χ0v) is 17.3. The summed E-state index contributed by atoms with van der Waals surface area (Å²) in [6, 6.07) is 15.9. The minimum Gasteiger partial charge on any atom is -0.292 e. The number of nitrogens with zero attached hydrogens (tertiary/aromatic N) is 1. The molecule has 0 aliphatic carbocycles. The maximum Gasteiger partial charge on any atom is 0.130 e. The molecule has 0 saturated heterocycles. The Balaban J connectivity index is 0.000000321. The van der Waals surface area contributed by atoms with Gasteiger partial charge in [0.25, 0.3) is 0 Å². The van der Waals surface area contributed by atoms with E-state index in [0.29, 0.717) is 5.41 Å². The van der Waals surface area contributed by atoms with Crippen LogP contribution in [0.25, 0.3) is 5.57 Å². The fourth-order valence-electron chi connectivity index (χ4n) is 3.23. The lowest BCUT2D eigenvalue weighted by Gasteiger charge is -2.19. The Morgan fingerprint density at radius 2 is 1.81 bits per heavy atom. The van der Waals surface area contributed by atoms with Crippen molar-refractivity contribution in [1.29, 1.82) is 0 Å². The predicted octanol–water partition coefficient (Wildman–Crippen LogP) is 6.81. The van der Waals surface area contributed by atoms with Gasteiger partial charge in [-0.15, -0.1) is 6.58 Å².